The molecule has 0 unspecified atom stereocenters. The van der Waals surface area contributed by atoms with E-state index in [1.807, 2.05) is 49.4 Å². The molecule has 134 valence electrons. The molecule has 0 radical (unpaired) electrons. The number of nitrogens with zero attached hydrogens (tertiary/aromatic N) is 2. The quantitative estimate of drug-likeness (QED) is 0.620. The second kappa shape index (κ2) is 7.60. The summed E-state index contributed by atoms with van der Waals surface area (Å²) in [6, 6.07) is 13.3. The van der Waals surface area contributed by atoms with Crippen LogP contribution >= 0.6 is 0 Å². The van der Waals surface area contributed by atoms with Crippen LogP contribution in [-0.2, 0) is 0 Å². The lowest BCUT2D eigenvalue weighted by molar-refractivity contribution is 0.415. The topological polar surface area (TPSA) is 94.3 Å². The summed E-state index contributed by atoms with van der Waals surface area (Å²) < 4.78 is 10.5. The van der Waals surface area contributed by atoms with Crippen LogP contribution in [0.15, 0.2) is 48.8 Å². The number of benzene rings is 2. The van der Waals surface area contributed by atoms with Gasteiger partial charge < -0.3 is 25.8 Å². The Bertz CT molecular complexity index is 897. The molecular formula is C19H21N5O2. The van der Waals surface area contributed by atoms with Crippen molar-refractivity contribution in [1.82, 2.24) is 9.97 Å². The monoisotopic (exact) mass is 351 g/mol. The van der Waals surface area contributed by atoms with Crippen LogP contribution in [0.5, 0.6) is 11.5 Å². The Morgan fingerprint density at radius 1 is 0.885 bits per heavy atom. The highest BCUT2D eigenvalue weighted by Crippen LogP contribution is 2.32. The third-order valence-corrected chi connectivity index (χ3v) is 3.84. The molecule has 0 fully saturated rings. The van der Waals surface area contributed by atoms with Crippen LogP contribution < -0.4 is 25.8 Å². The smallest absolute Gasteiger partial charge is 0.159 e. The Balaban J connectivity index is 1.86. The molecule has 0 atom stereocenters. The minimum Gasteiger partial charge on any atom is -0.497 e. The van der Waals surface area contributed by atoms with Gasteiger partial charge in [-0.25, -0.2) is 9.97 Å². The first kappa shape index (κ1) is 17.3. The highest BCUT2D eigenvalue weighted by atomic mass is 16.5. The van der Waals surface area contributed by atoms with Crippen molar-refractivity contribution in [2.75, 3.05) is 30.6 Å². The van der Waals surface area contributed by atoms with Gasteiger partial charge in [-0.3, -0.25) is 0 Å². The van der Waals surface area contributed by atoms with Crippen molar-refractivity contribution in [1.29, 1.82) is 0 Å². The van der Waals surface area contributed by atoms with E-state index in [9.17, 15) is 0 Å². The summed E-state index contributed by atoms with van der Waals surface area (Å²) >= 11 is 0. The Kier molecular flexibility index (Phi) is 5.07. The van der Waals surface area contributed by atoms with E-state index in [0.29, 0.717) is 23.1 Å². The fraction of sp³-hybridized carbons (Fsp3) is 0.158. The van der Waals surface area contributed by atoms with Gasteiger partial charge in [0.05, 0.1) is 19.9 Å². The number of nitrogen functional groups attached to an aromatic ring is 1. The van der Waals surface area contributed by atoms with Crippen LogP contribution in [0.25, 0.3) is 0 Å². The SMILES string of the molecule is COc1ccc(Nc2ncnc(Nc3cc(C)ccc3OC)c2N)cc1. The van der Waals surface area contributed by atoms with Crippen LogP contribution in [0.2, 0.25) is 0 Å². The number of hydrogen-bond acceptors (Lipinski definition) is 7. The molecule has 0 aliphatic rings. The zero-order valence-electron chi connectivity index (χ0n) is 14.9. The van der Waals surface area contributed by atoms with E-state index in [1.54, 1.807) is 14.2 Å². The Labute approximate surface area is 152 Å². The molecule has 4 N–H and O–H groups in total. The van der Waals surface area contributed by atoms with E-state index in [1.165, 1.54) is 6.33 Å². The lowest BCUT2D eigenvalue weighted by Crippen LogP contribution is -2.06. The van der Waals surface area contributed by atoms with Crippen molar-refractivity contribution in [3.05, 3.63) is 54.4 Å². The van der Waals surface area contributed by atoms with Crippen molar-refractivity contribution in [3.8, 4) is 11.5 Å². The Morgan fingerprint density at radius 3 is 2.23 bits per heavy atom. The molecule has 0 amide bonds. The summed E-state index contributed by atoms with van der Waals surface area (Å²) in [5.41, 5.74) is 9.38. The minimum absolute atomic E-state index is 0.409. The maximum absolute atomic E-state index is 6.25. The fourth-order valence-electron chi connectivity index (χ4n) is 2.45. The number of nitrogens with two attached hydrogens (primary N) is 1. The highest BCUT2D eigenvalue weighted by molar-refractivity contribution is 5.81. The van der Waals surface area contributed by atoms with Gasteiger partial charge in [0, 0.05) is 5.69 Å². The third-order valence-electron chi connectivity index (χ3n) is 3.84. The van der Waals surface area contributed by atoms with Gasteiger partial charge in [0.15, 0.2) is 11.6 Å². The second-order valence-electron chi connectivity index (χ2n) is 5.67. The molecule has 3 rings (SSSR count). The number of anilines is 5. The van der Waals surface area contributed by atoms with Crippen molar-refractivity contribution in [2.24, 2.45) is 0 Å². The summed E-state index contributed by atoms with van der Waals surface area (Å²) in [5, 5.41) is 6.40. The van der Waals surface area contributed by atoms with E-state index in [-0.39, 0.29) is 0 Å². The van der Waals surface area contributed by atoms with Gasteiger partial charge in [-0.05, 0) is 48.9 Å². The number of aromatic nitrogens is 2. The van der Waals surface area contributed by atoms with Gasteiger partial charge in [0.1, 0.15) is 23.5 Å². The fourth-order valence-corrected chi connectivity index (χ4v) is 2.45. The Hall–Kier alpha value is -3.48. The normalized spacial score (nSPS) is 10.3. The summed E-state index contributed by atoms with van der Waals surface area (Å²) in [7, 11) is 3.25. The van der Waals surface area contributed by atoms with Gasteiger partial charge in [-0.15, -0.1) is 0 Å². The molecule has 3 aromatic rings. The van der Waals surface area contributed by atoms with Crippen molar-refractivity contribution in [2.45, 2.75) is 6.92 Å². The van der Waals surface area contributed by atoms with E-state index in [0.717, 1.165) is 22.7 Å². The van der Waals surface area contributed by atoms with Gasteiger partial charge >= 0.3 is 0 Å². The number of nitrogens with one attached hydrogen (secondary N) is 2. The summed E-state index contributed by atoms with van der Waals surface area (Å²) in [6.45, 7) is 2.00. The molecule has 0 bridgehead atoms. The lowest BCUT2D eigenvalue weighted by Gasteiger charge is -2.15. The number of ether oxygens (including phenoxy) is 2. The van der Waals surface area contributed by atoms with Crippen LogP contribution in [0.3, 0.4) is 0 Å². The maximum Gasteiger partial charge on any atom is 0.159 e. The van der Waals surface area contributed by atoms with Crippen LogP contribution in [0.4, 0.5) is 28.7 Å². The summed E-state index contributed by atoms with van der Waals surface area (Å²) in [6.07, 6.45) is 1.45. The highest BCUT2D eigenvalue weighted by Gasteiger charge is 2.11. The minimum atomic E-state index is 0.409. The van der Waals surface area contributed by atoms with Crippen molar-refractivity contribution >= 4 is 28.7 Å². The predicted molar refractivity (Wildman–Crippen MR) is 104 cm³/mol. The van der Waals surface area contributed by atoms with Gasteiger partial charge in [-0.2, -0.15) is 0 Å². The molecular weight excluding hydrogens is 330 g/mol. The van der Waals surface area contributed by atoms with E-state index >= 15 is 0 Å². The van der Waals surface area contributed by atoms with Gasteiger partial charge in [-0.1, -0.05) is 6.07 Å². The van der Waals surface area contributed by atoms with Gasteiger partial charge in [0.2, 0.25) is 0 Å². The van der Waals surface area contributed by atoms with Gasteiger partial charge in [0.25, 0.3) is 0 Å². The standard InChI is InChI=1S/C19H21N5O2/c1-12-4-9-16(26-3)15(10-12)24-19-17(20)18(21-11-22-19)23-13-5-7-14(25-2)8-6-13/h4-11H,20H2,1-3H3,(H2,21,22,23,24). The third kappa shape index (κ3) is 3.77. The van der Waals surface area contributed by atoms with Crippen LogP contribution in [0.1, 0.15) is 5.56 Å². The zero-order chi connectivity index (χ0) is 18.5. The average Bonchev–Trinajstić information content (AvgIpc) is 2.66. The molecule has 0 aliphatic heterocycles. The van der Waals surface area contributed by atoms with Crippen LogP contribution in [-0.4, -0.2) is 24.2 Å². The van der Waals surface area contributed by atoms with E-state index in [4.69, 9.17) is 15.2 Å². The predicted octanol–water partition coefficient (Wildman–Crippen LogP) is 3.87. The van der Waals surface area contributed by atoms with Crippen molar-refractivity contribution in [3.63, 3.8) is 0 Å². The molecule has 1 heterocycles. The van der Waals surface area contributed by atoms with Crippen molar-refractivity contribution < 1.29 is 9.47 Å². The number of methoxy groups -OCH3 is 2. The number of rotatable bonds is 6. The molecule has 7 nitrogen and oxygen atoms in total. The molecule has 0 aliphatic carbocycles. The number of aryl methyl sites for hydroxylation is 1. The molecule has 2 aromatic carbocycles. The van der Waals surface area contributed by atoms with E-state index in [2.05, 4.69) is 20.6 Å². The molecule has 26 heavy (non-hydrogen) atoms. The molecule has 0 saturated carbocycles. The second-order valence-corrected chi connectivity index (χ2v) is 5.67. The summed E-state index contributed by atoms with van der Waals surface area (Å²) in [4.78, 5) is 8.47. The largest absolute Gasteiger partial charge is 0.497 e. The number of hydrogen-bond donors (Lipinski definition) is 3. The first-order chi connectivity index (χ1) is 12.6. The molecule has 0 saturated heterocycles. The maximum atomic E-state index is 6.25. The first-order valence-corrected chi connectivity index (χ1v) is 8.04. The molecule has 7 heteroatoms. The first-order valence-electron chi connectivity index (χ1n) is 8.04. The zero-order valence-corrected chi connectivity index (χ0v) is 14.9. The Morgan fingerprint density at radius 2 is 1.58 bits per heavy atom. The average molecular weight is 351 g/mol. The summed E-state index contributed by atoms with van der Waals surface area (Å²) in [5.74, 6) is 2.50. The lowest BCUT2D eigenvalue weighted by atomic mass is 10.2. The molecule has 1 aromatic heterocycles. The molecule has 0 spiro atoms. The van der Waals surface area contributed by atoms with Crippen LogP contribution in [0, 0.1) is 6.92 Å². The van der Waals surface area contributed by atoms with E-state index < -0.39 is 0 Å².